The number of ether oxygens (including phenoxy) is 2. The molecule has 2 saturated carbocycles. The number of aromatic nitrogens is 4. The van der Waals surface area contributed by atoms with Crippen molar-refractivity contribution in [2.24, 2.45) is 11.8 Å². The fourth-order valence-corrected chi connectivity index (χ4v) is 4.26. The number of nitrogens with one attached hydrogen (secondary N) is 2. The predicted molar refractivity (Wildman–Crippen MR) is 166 cm³/mol. The first-order valence-electron chi connectivity index (χ1n) is 13.6. The van der Waals surface area contributed by atoms with E-state index in [1.165, 1.54) is 12.4 Å². The first kappa shape index (κ1) is 30.4. The summed E-state index contributed by atoms with van der Waals surface area (Å²) < 4.78 is 11.5. The largest absolute Gasteiger partial charge is 0.452 e. The van der Waals surface area contributed by atoms with Gasteiger partial charge in [-0.3, -0.25) is 0 Å². The fraction of sp³-hybridized carbons (Fsp3) is 0.310. The van der Waals surface area contributed by atoms with Crippen molar-refractivity contribution in [1.29, 1.82) is 0 Å². The number of anilines is 4. The second-order valence-electron chi connectivity index (χ2n) is 10.4. The van der Waals surface area contributed by atoms with Crippen LogP contribution in [-0.4, -0.2) is 55.4 Å². The zero-order valence-electron chi connectivity index (χ0n) is 23.1. The van der Waals surface area contributed by atoms with Crippen LogP contribution in [-0.2, 0) is 0 Å². The molecule has 8 N–H and O–H groups in total. The summed E-state index contributed by atoms with van der Waals surface area (Å²) in [5.41, 5.74) is 10.6. The second kappa shape index (κ2) is 13.5. The summed E-state index contributed by atoms with van der Waals surface area (Å²) in [6.45, 7) is 1.35. The third-order valence-electron chi connectivity index (χ3n) is 6.88. The highest BCUT2D eigenvalue weighted by atomic mass is 35.5. The first-order chi connectivity index (χ1) is 20.7. The van der Waals surface area contributed by atoms with Crippen LogP contribution in [0.15, 0.2) is 60.9 Å². The molecule has 12 nitrogen and oxygen atoms in total. The van der Waals surface area contributed by atoms with Crippen molar-refractivity contribution in [3.8, 4) is 23.0 Å². The highest BCUT2D eigenvalue weighted by Gasteiger charge is 2.40. The third kappa shape index (κ3) is 8.94. The van der Waals surface area contributed by atoms with Crippen LogP contribution in [0, 0.1) is 11.8 Å². The SMILES string of the molecule is Nc1ncc(Oc2ccc(Cl)cc2)c(NCC2(O)CC2)n1.Nc1ncc(Oc2ccc(Cl)cc2)c(NCC2CC2CO)n1. The van der Waals surface area contributed by atoms with E-state index in [0.29, 0.717) is 63.1 Å². The zero-order valence-corrected chi connectivity index (χ0v) is 24.6. The van der Waals surface area contributed by atoms with E-state index in [0.717, 1.165) is 25.8 Å². The van der Waals surface area contributed by atoms with Crippen molar-refractivity contribution >= 4 is 46.7 Å². The van der Waals surface area contributed by atoms with E-state index in [9.17, 15) is 5.11 Å². The molecule has 2 aromatic carbocycles. The van der Waals surface area contributed by atoms with Crippen molar-refractivity contribution < 1.29 is 19.7 Å². The van der Waals surface area contributed by atoms with Gasteiger partial charge in [-0.15, -0.1) is 0 Å². The minimum Gasteiger partial charge on any atom is -0.452 e. The molecule has 2 aliphatic rings. The van der Waals surface area contributed by atoms with Crippen molar-refractivity contribution in [2.75, 3.05) is 41.8 Å². The lowest BCUT2D eigenvalue weighted by atomic mass is 10.3. The number of aliphatic hydroxyl groups is 2. The quantitative estimate of drug-likeness (QED) is 0.131. The topological polar surface area (TPSA) is 187 Å². The first-order valence-corrected chi connectivity index (χ1v) is 14.4. The second-order valence-corrected chi connectivity index (χ2v) is 11.3. The van der Waals surface area contributed by atoms with E-state index < -0.39 is 5.60 Å². The molecule has 14 heteroatoms. The van der Waals surface area contributed by atoms with Gasteiger partial charge in [-0.05, 0) is 79.6 Å². The number of nitrogens with two attached hydrogens (primary N) is 2. The molecule has 0 bridgehead atoms. The van der Waals surface area contributed by atoms with E-state index in [4.69, 9.17) is 49.2 Å². The van der Waals surface area contributed by atoms with Gasteiger partial charge in [-0.1, -0.05) is 23.2 Å². The molecule has 43 heavy (non-hydrogen) atoms. The number of aliphatic hydroxyl groups excluding tert-OH is 1. The molecule has 2 unspecified atom stereocenters. The van der Waals surface area contributed by atoms with Gasteiger partial charge in [0, 0.05) is 29.7 Å². The lowest BCUT2D eigenvalue weighted by Crippen LogP contribution is -2.21. The average molecular weight is 628 g/mol. The summed E-state index contributed by atoms with van der Waals surface area (Å²) in [6.07, 6.45) is 5.63. The Bertz CT molecular complexity index is 1520. The van der Waals surface area contributed by atoms with Crippen LogP contribution in [0.1, 0.15) is 19.3 Å². The van der Waals surface area contributed by atoms with Crippen molar-refractivity contribution in [2.45, 2.75) is 24.9 Å². The summed E-state index contributed by atoms with van der Waals surface area (Å²) in [7, 11) is 0. The average Bonchev–Trinajstić information content (AvgIpc) is 3.93. The maximum absolute atomic E-state index is 9.88. The lowest BCUT2D eigenvalue weighted by molar-refractivity contribution is 0.164. The van der Waals surface area contributed by atoms with E-state index in [1.807, 2.05) is 0 Å². The number of rotatable bonds is 11. The molecule has 0 spiro atoms. The molecule has 4 aromatic rings. The lowest BCUT2D eigenvalue weighted by Gasteiger charge is -2.14. The number of hydrogen-bond donors (Lipinski definition) is 6. The van der Waals surface area contributed by atoms with Crippen molar-refractivity contribution in [3.63, 3.8) is 0 Å². The molecule has 2 aromatic heterocycles. The predicted octanol–water partition coefficient (Wildman–Crippen LogP) is 4.99. The van der Waals surface area contributed by atoms with Gasteiger partial charge in [0.05, 0.1) is 18.0 Å². The van der Waals surface area contributed by atoms with Crippen LogP contribution < -0.4 is 31.6 Å². The fourth-order valence-electron chi connectivity index (χ4n) is 4.01. The number of nitrogens with zero attached hydrogens (tertiary/aromatic N) is 4. The molecular weight excluding hydrogens is 595 g/mol. The normalized spacial score (nSPS) is 17.7. The summed E-state index contributed by atoms with van der Waals surface area (Å²) in [6, 6.07) is 14.0. The molecule has 6 rings (SSSR count). The van der Waals surface area contributed by atoms with Crippen LogP contribution in [0.25, 0.3) is 0 Å². The highest BCUT2D eigenvalue weighted by Crippen LogP contribution is 2.39. The molecule has 0 amide bonds. The Balaban J connectivity index is 0.000000171. The van der Waals surface area contributed by atoms with Gasteiger partial charge in [0.1, 0.15) is 11.5 Å². The molecule has 0 radical (unpaired) electrons. The summed E-state index contributed by atoms with van der Waals surface area (Å²) in [5, 5.41) is 26.5. The molecule has 2 heterocycles. The molecule has 0 saturated heterocycles. The van der Waals surface area contributed by atoms with Gasteiger partial charge >= 0.3 is 0 Å². The van der Waals surface area contributed by atoms with E-state index in [1.54, 1.807) is 48.5 Å². The molecule has 2 aliphatic carbocycles. The number of halogens is 2. The Morgan fingerprint density at radius 1 is 0.791 bits per heavy atom. The van der Waals surface area contributed by atoms with E-state index >= 15 is 0 Å². The number of nitrogen functional groups attached to an aromatic ring is 2. The van der Waals surface area contributed by atoms with Gasteiger partial charge < -0.3 is 41.8 Å². The van der Waals surface area contributed by atoms with E-state index in [2.05, 4.69) is 30.6 Å². The molecular formula is C29H32Cl2N8O4. The number of benzene rings is 2. The Kier molecular flexibility index (Phi) is 9.51. The molecule has 2 fully saturated rings. The maximum Gasteiger partial charge on any atom is 0.222 e. The van der Waals surface area contributed by atoms with Gasteiger partial charge in [0.15, 0.2) is 23.1 Å². The van der Waals surface area contributed by atoms with Crippen LogP contribution in [0.5, 0.6) is 23.0 Å². The third-order valence-corrected chi connectivity index (χ3v) is 7.38. The standard InChI is InChI=1S/C15H17ClN4O2.C14H15ClN4O2/c16-11-1-3-12(4-2-11)22-13-7-19-15(17)20-14(13)18-6-9-5-10(9)8-21;15-9-1-3-10(4-2-9)21-11-7-17-13(16)19-12(11)18-8-14(20)5-6-14/h1-4,7,9-10,21H,5-6,8H2,(H3,17,18,19,20);1-4,7,20H,5-6,8H2,(H3,16,17,18,19). The van der Waals surface area contributed by atoms with Crippen LogP contribution in [0.4, 0.5) is 23.5 Å². The summed E-state index contributed by atoms with van der Waals surface area (Å²) >= 11 is 11.7. The molecule has 0 aliphatic heterocycles. The van der Waals surface area contributed by atoms with Gasteiger partial charge in [-0.2, -0.15) is 9.97 Å². The molecule has 226 valence electrons. The zero-order chi connectivity index (χ0) is 30.4. The minimum absolute atomic E-state index is 0.142. The summed E-state index contributed by atoms with van der Waals surface area (Å²) in [4.78, 5) is 16.2. The van der Waals surface area contributed by atoms with Gasteiger partial charge in [0.25, 0.3) is 0 Å². The van der Waals surface area contributed by atoms with Crippen LogP contribution in [0.3, 0.4) is 0 Å². The number of hydrogen-bond acceptors (Lipinski definition) is 12. The van der Waals surface area contributed by atoms with Crippen molar-refractivity contribution in [1.82, 2.24) is 19.9 Å². The smallest absolute Gasteiger partial charge is 0.222 e. The minimum atomic E-state index is -0.642. The van der Waals surface area contributed by atoms with Crippen molar-refractivity contribution in [3.05, 3.63) is 71.0 Å². The Morgan fingerprint density at radius 3 is 1.72 bits per heavy atom. The Hall–Kier alpha value is -4.10. The maximum atomic E-state index is 9.88. The molecule has 2 atom stereocenters. The van der Waals surface area contributed by atoms with E-state index in [-0.39, 0.29) is 18.5 Å². The van der Waals surface area contributed by atoms with Crippen LogP contribution in [0.2, 0.25) is 10.0 Å². The monoisotopic (exact) mass is 626 g/mol. The van der Waals surface area contributed by atoms with Gasteiger partial charge in [-0.25, -0.2) is 9.97 Å². The summed E-state index contributed by atoms with van der Waals surface area (Å²) in [5.74, 6) is 4.36. The van der Waals surface area contributed by atoms with Crippen LogP contribution >= 0.6 is 23.2 Å². The Morgan fingerprint density at radius 2 is 1.28 bits per heavy atom. The van der Waals surface area contributed by atoms with Gasteiger partial charge in [0.2, 0.25) is 11.9 Å². The Labute approximate surface area is 258 Å². The highest BCUT2D eigenvalue weighted by molar-refractivity contribution is 6.30.